The molecule has 1 atom stereocenters. The molecule has 0 bridgehead atoms. The highest BCUT2D eigenvalue weighted by molar-refractivity contribution is 5.91. The molecule has 0 saturated heterocycles. The molecular formula is C12H18N2O4. The Morgan fingerprint density at radius 3 is 2.56 bits per heavy atom. The van der Waals surface area contributed by atoms with E-state index < -0.39 is 16.7 Å². The van der Waals surface area contributed by atoms with Gasteiger partial charge in [0.15, 0.2) is 5.76 Å². The van der Waals surface area contributed by atoms with Crippen molar-refractivity contribution in [2.24, 2.45) is 5.92 Å². The van der Waals surface area contributed by atoms with Gasteiger partial charge in [0.1, 0.15) is 4.92 Å². The summed E-state index contributed by atoms with van der Waals surface area (Å²) in [7, 11) is 0. The van der Waals surface area contributed by atoms with Crippen LogP contribution in [0.25, 0.3) is 0 Å². The van der Waals surface area contributed by atoms with Gasteiger partial charge in [-0.3, -0.25) is 14.9 Å². The zero-order valence-electron chi connectivity index (χ0n) is 10.8. The minimum atomic E-state index is -0.668. The Balaban J connectivity index is 2.51. The fourth-order valence-corrected chi connectivity index (χ4v) is 1.50. The van der Waals surface area contributed by atoms with Crippen molar-refractivity contribution in [1.82, 2.24) is 5.32 Å². The predicted molar refractivity (Wildman–Crippen MR) is 66.4 cm³/mol. The zero-order valence-corrected chi connectivity index (χ0v) is 10.8. The molecule has 1 N–H and O–H groups in total. The molecule has 18 heavy (non-hydrogen) atoms. The van der Waals surface area contributed by atoms with Gasteiger partial charge in [0.25, 0.3) is 5.91 Å². The fourth-order valence-electron chi connectivity index (χ4n) is 1.50. The number of carbonyl (C=O) groups is 1. The normalized spacial score (nSPS) is 12.4. The van der Waals surface area contributed by atoms with Crippen molar-refractivity contribution in [1.29, 1.82) is 0 Å². The molecule has 1 heterocycles. The summed E-state index contributed by atoms with van der Waals surface area (Å²) in [6, 6.07) is 2.50. The number of rotatable bonds is 6. The number of nitro groups is 1. The van der Waals surface area contributed by atoms with Crippen molar-refractivity contribution in [3.05, 3.63) is 28.0 Å². The molecule has 1 amide bonds. The Kier molecular flexibility index (Phi) is 4.88. The van der Waals surface area contributed by atoms with Crippen LogP contribution < -0.4 is 5.32 Å². The molecule has 1 rings (SSSR count). The molecule has 1 unspecified atom stereocenters. The minimum Gasteiger partial charge on any atom is -0.395 e. The van der Waals surface area contributed by atoms with Gasteiger partial charge in [-0.25, -0.2) is 0 Å². The summed E-state index contributed by atoms with van der Waals surface area (Å²) >= 11 is 0. The van der Waals surface area contributed by atoms with Crippen molar-refractivity contribution < 1.29 is 14.1 Å². The average molecular weight is 254 g/mol. The Morgan fingerprint density at radius 1 is 1.39 bits per heavy atom. The van der Waals surface area contributed by atoms with E-state index in [1.807, 2.05) is 6.92 Å². The third-order valence-corrected chi connectivity index (χ3v) is 2.55. The first-order valence-electron chi connectivity index (χ1n) is 5.95. The lowest BCUT2D eigenvalue weighted by Gasteiger charge is -2.13. The minimum absolute atomic E-state index is 0.0176. The lowest BCUT2D eigenvalue weighted by molar-refractivity contribution is -0.402. The van der Waals surface area contributed by atoms with Crippen LogP contribution in [0.1, 0.15) is 44.2 Å². The number of furan rings is 1. The summed E-state index contributed by atoms with van der Waals surface area (Å²) in [4.78, 5) is 21.5. The van der Waals surface area contributed by atoms with Crippen LogP contribution in [-0.2, 0) is 0 Å². The maximum absolute atomic E-state index is 11.7. The fraction of sp³-hybridized carbons (Fsp3) is 0.583. The number of hydrogen-bond donors (Lipinski definition) is 1. The van der Waals surface area contributed by atoms with Gasteiger partial charge >= 0.3 is 5.88 Å². The number of hydrogen-bond acceptors (Lipinski definition) is 4. The highest BCUT2D eigenvalue weighted by Gasteiger charge is 2.18. The number of carbonyl (C=O) groups excluding carboxylic acids is 1. The first kappa shape index (κ1) is 14.2. The quantitative estimate of drug-likeness (QED) is 0.624. The summed E-state index contributed by atoms with van der Waals surface area (Å²) in [5.74, 6) is -0.290. The molecule has 100 valence electrons. The van der Waals surface area contributed by atoms with Gasteiger partial charge in [-0.05, 0) is 31.7 Å². The van der Waals surface area contributed by atoms with Gasteiger partial charge in [0.05, 0.1) is 6.07 Å². The standard InChI is InChI=1S/C12H18N2O4/c1-8(2)4-5-9(3)13-12(15)10-6-7-11(18-10)14(16)17/h6-9H,4-5H2,1-3H3,(H,13,15). The molecule has 0 aromatic carbocycles. The van der Waals surface area contributed by atoms with Crippen LogP contribution in [0.5, 0.6) is 0 Å². The topological polar surface area (TPSA) is 85.4 Å². The molecule has 1 aromatic heterocycles. The Morgan fingerprint density at radius 2 is 2.06 bits per heavy atom. The Bertz CT molecular complexity index is 425. The summed E-state index contributed by atoms with van der Waals surface area (Å²) in [6.07, 6.45) is 1.88. The van der Waals surface area contributed by atoms with E-state index in [1.165, 1.54) is 12.1 Å². The molecule has 0 spiro atoms. The van der Waals surface area contributed by atoms with Crippen molar-refractivity contribution in [2.75, 3.05) is 0 Å². The van der Waals surface area contributed by atoms with E-state index in [4.69, 9.17) is 4.42 Å². The molecular weight excluding hydrogens is 236 g/mol. The van der Waals surface area contributed by atoms with Crippen LogP contribution in [0, 0.1) is 16.0 Å². The zero-order chi connectivity index (χ0) is 13.7. The van der Waals surface area contributed by atoms with Crippen LogP contribution in [0.2, 0.25) is 0 Å². The third-order valence-electron chi connectivity index (χ3n) is 2.55. The van der Waals surface area contributed by atoms with Gasteiger partial charge in [-0.2, -0.15) is 0 Å². The molecule has 6 nitrogen and oxygen atoms in total. The van der Waals surface area contributed by atoms with Crippen LogP contribution in [-0.4, -0.2) is 16.9 Å². The van der Waals surface area contributed by atoms with Crippen molar-refractivity contribution in [2.45, 2.75) is 39.7 Å². The largest absolute Gasteiger partial charge is 0.433 e. The molecule has 6 heteroatoms. The molecule has 0 fully saturated rings. The van der Waals surface area contributed by atoms with E-state index in [1.54, 1.807) is 0 Å². The number of amides is 1. The Labute approximate surface area is 106 Å². The summed E-state index contributed by atoms with van der Waals surface area (Å²) in [5, 5.41) is 13.2. The third kappa shape index (κ3) is 4.20. The maximum atomic E-state index is 11.7. The van der Waals surface area contributed by atoms with Gasteiger partial charge in [0, 0.05) is 6.04 Å². The maximum Gasteiger partial charge on any atom is 0.433 e. The second-order valence-electron chi connectivity index (χ2n) is 4.74. The predicted octanol–water partition coefficient (Wildman–Crippen LogP) is 2.74. The van der Waals surface area contributed by atoms with Gasteiger partial charge in [-0.1, -0.05) is 13.8 Å². The Hall–Kier alpha value is -1.85. The second-order valence-corrected chi connectivity index (χ2v) is 4.74. The second kappa shape index (κ2) is 6.18. The molecule has 0 aliphatic carbocycles. The summed E-state index contributed by atoms with van der Waals surface area (Å²) < 4.78 is 4.82. The van der Waals surface area contributed by atoms with E-state index in [9.17, 15) is 14.9 Å². The molecule has 0 saturated carbocycles. The van der Waals surface area contributed by atoms with Crippen molar-refractivity contribution in [3.63, 3.8) is 0 Å². The summed E-state index contributed by atoms with van der Waals surface area (Å²) in [6.45, 7) is 6.13. The highest BCUT2D eigenvalue weighted by Crippen LogP contribution is 2.16. The lowest BCUT2D eigenvalue weighted by atomic mass is 10.0. The lowest BCUT2D eigenvalue weighted by Crippen LogP contribution is -2.32. The van der Waals surface area contributed by atoms with Gasteiger partial charge in [0.2, 0.25) is 0 Å². The average Bonchev–Trinajstić information content (AvgIpc) is 2.75. The van der Waals surface area contributed by atoms with E-state index in [-0.39, 0.29) is 11.8 Å². The first-order chi connectivity index (χ1) is 8.40. The van der Waals surface area contributed by atoms with Crippen molar-refractivity contribution in [3.8, 4) is 0 Å². The van der Waals surface area contributed by atoms with Gasteiger partial charge in [-0.15, -0.1) is 0 Å². The molecule has 0 aliphatic heterocycles. The van der Waals surface area contributed by atoms with E-state index in [2.05, 4.69) is 19.2 Å². The van der Waals surface area contributed by atoms with Crippen LogP contribution in [0.3, 0.4) is 0 Å². The number of nitrogens with one attached hydrogen (secondary N) is 1. The highest BCUT2D eigenvalue weighted by atomic mass is 16.6. The van der Waals surface area contributed by atoms with Crippen molar-refractivity contribution >= 4 is 11.8 Å². The number of nitrogens with zero attached hydrogens (tertiary/aromatic N) is 1. The summed E-state index contributed by atoms with van der Waals surface area (Å²) in [5.41, 5.74) is 0. The van der Waals surface area contributed by atoms with Crippen LogP contribution >= 0.6 is 0 Å². The van der Waals surface area contributed by atoms with Crippen LogP contribution in [0.4, 0.5) is 5.88 Å². The molecule has 1 aromatic rings. The molecule has 0 aliphatic rings. The monoisotopic (exact) mass is 254 g/mol. The van der Waals surface area contributed by atoms with Crippen LogP contribution in [0.15, 0.2) is 16.5 Å². The van der Waals surface area contributed by atoms with E-state index in [0.717, 1.165) is 12.8 Å². The first-order valence-corrected chi connectivity index (χ1v) is 5.95. The smallest absolute Gasteiger partial charge is 0.395 e. The molecule has 0 radical (unpaired) electrons. The van der Waals surface area contributed by atoms with E-state index in [0.29, 0.717) is 5.92 Å². The van der Waals surface area contributed by atoms with Gasteiger partial charge < -0.3 is 9.73 Å². The SMILES string of the molecule is CC(C)CCC(C)NC(=O)c1ccc([N+](=O)[O-])o1. The van der Waals surface area contributed by atoms with E-state index >= 15 is 0 Å².